The van der Waals surface area contributed by atoms with Crippen LogP contribution in [0.5, 0.6) is 0 Å². The first-order valence-electron chi connectivity index (χ1n) is 5.70. The minimum absolute atomic E-state index is 0.224. The van der Waals surface area contributed by atoms with Crippen LogP contribution >= 0.6 is 0 Å². The van der Waals surface area contributed by atoms with E-state index in [4.69, 9.17) is 0 Å². The van der Waals surface area contributed by atoms with E-state index in [1.807, 2.05) is 31.2 Å². The van der Waals surface area contributed by atoms with Gasteiger partial charge in [0.15, 0.2) is 0 Å². The molecule has 0 aliphatic carbocycles. The van der Waals surface area contributed by atoms with Gasteiger partial charge in [0.25, 0.3) is 5.91 Å². The van der Waals surface area contributed by atoms with Crippen LogP contribution in [-0.4, -0.2) is 5.91 Å². The monoisotopic (exact) mass is 243 g/mol. The standard InChI is InChI=1S/C15H14FNO/c1-10-4-3-5-13(8-10)17-15(18)14-7-6-12(16)9-11(14)2/h3-9H,1-2H3,(H,17,18). The minimum Gasteiger partial charge on any atom is -0.322 e. The van der Waals surface area contributed by atoms with Gasteiger partial charge < -0.3 is 5.32 Å². The SMILES string of the molecule is Cc1cccc(NC(=O)c2ccc(F)cc2C)c1. The molecular weight excluding hydrogens is 229 g/mol. The van der Waals surface area contributed by atoms with Gasteiger partial charge in [0.1, 0.15) is 5.82 Å². The van der Waals surface area contributed by atoms with Crippen molar-refractivity contribution in [2.24, 2.45) is 0 Å². The van der Waals surface area contributed by atoms with Crippen LogP contribution in [0.4, 0.5) is 10.1 Å². The number of rotatable bonds is 2. The van der Waals surface area contributed by atoms with Crippen molar-refractivity contribution in [3.8, 4) is 0 Å². The Morgan fingerprint density at radius 1 is 1.11 bits per heavy atom. The molecule has 2 nitrogen and oxygen atoms in total. The molecule has 2 aromatic carbocycles. The molecule has 0 aromatic heterocycles. The Morgan fingerprint density at radius 2 is 1.89 bits per heavy atom. The van der Waals surface area contributed by atoms with Crippen molar-refractivity contribution < 1.29 is 9.18 Å². The smallest absolute Gasteiger partial charge is 0.255 e. The number of nitrogens with one attached hydrogen (secondary N) is 1. The Balaban J connectivity index is 2.22. The van der Waals surface area contributed by atoms with E-state index in [-0.39, 0.29) is 11.7 Å². The summed E-state index contributed by atoms with van der Waals surface area (Å²) >= 11 is 0. The lowest BCUT2D eigenvalue weighted by Crippen LogP contribution is -2.13. The van der Waals surface area contributed by atoms with Crippen molar-refractivity contribution in [2.45, 2.75) is 13.8 Å². The third-order valence-corrected chi connectivity index (χ3v) is 2.71. The molecule has 92 valence electrons. The summed E-state index contributed by atoms with van der Waals surface area (Å²) in [4.78, 5) is 12.0. The van der Waals surface area contributed by atoms with Crippen molar-refractivity contribution >= 4 is 11.6 Å². The van der Waals surface area contributed by atoms with Gasteiger partial charge in [-0.25, -0.2) is 4.39 Å². The molecule has 1 amide bonds. The number of halogens is 1. The van der Waals surface area contributed by atoms with Crippen molar-refractivity contribution in [3.05, 3.63) is 65.0 Å². The van der Waals surface area contributed by atoms with Gasteiger partial charge in [0, 0.05) is 11.3 Å². The maximum Gasteiger partial charge on any atom is 0.255 e. The molecule has 0 bridgehead atoms. The minimum atomic E-state index is -0.334. The first kappa shape index (κ1) is 12.3. The molecule has 0 heterocycles. The summed E-state index contributed by atoms with van der Waals surface area (Å²) in [7, 11) is 0. The molecule has 0 saturated carbocycles. The molecule has 2 aromatic rings. The topological polar surface area (TPSA) is 29.1 Å². The summed E-state index contributed by atoms with van der Waals surface area (Å²) < 4.78 is 13.0. The molecular formula is C15H14FNO. The van der Waals surface area contributed by atoms with E-state index in [1.165, 1.54) is 18.2 Å². The second kappa shape index (κ2) is 5.00. The molecule has 0 radical (unpaired) electrons. The van der Waals surface area contributed by atoms with Crippen LogP contribution in [-0.2, 0) is 0 Å². The molecule has 2 rings (SSSR count). The normalized spacial score (nSPS) is 10.2. The maximum absolute atomic E-state index is 13.0. The van der Waals surface area contributed by atoms with Crippen LogP contribution in [0.15, 0.2) is 42.5 Å². The molecule has 3 heteroatoms. The summed E-state index contributed by atoms with van der Waals surface area (Å²) in [6, 6.07) is 11.7. The molecule has 0 saturated heterocycles. The largest absolute Gasteiger partial charge is 0.322 e. The molecule has 0 unspecified atom stereocenters. The van der Waals surface area contributed by atoms with Crippen molar-refractivity contribution in [1.29, 1.82) is 0 Å². The van der Waals surface area contributed by atoms with E-state index >= 15 is 0 Å². The van der Waals surface area contributed by atoms with Gasteiger partial charge in [-0.1, -0.05) is 12.1 Å². The third kappa shape index (κ3) is 2.74. The Kier molecular flexibility index (Phi) is 3.42. The molecule has 1 N–H and O–H groups in total. The van der Waals surface area contributed by atoms with Gasteiger partial charge in [-0.3, -0.25) is 4.79 Å². The zero-order valence-corrected chi connectivity index (χ0v) is 10.3. The Bertz CT molecular complexity index is 593. The fourth-order valence-corrected chi connectivity index (χ4v) is 1.80. The quantitative estimate of drug-likeness (QED) is 0.856. The second-order valence-corrected chi connectivity index (χ2v) is 4.28. The number of hydrogen-bond acceptors (Lipinski definition) is 1. The number of benzene rings is 2. The Labute approximate surface area is 105 Å². The zero-order chi connectivity index (χ0) is 13.1. The van der Waals surface area contributed by atoms with Crippen LogP contribution in [0, 0.1) is 19.7 Å². The number of carbonyl (C=O) groups excluding carboxylic acids is 1. The highest BCUT2D eigenvalue weighted by molar-refractivity contribution is 6.05. The average Bonchev–Trinajstić information content (AvgIpc) is 2.28. The Hall–Kier alpha value is -2.16. The van der Waals surface area contributed by atoms with Crippen LogP contribution in [0.2, 0.25) is 0 Å². The van der Waals surface area contributed by atoms with Gasteiger partial charge >= 0.3 is 0 Å². The van der Waals surface area contributed by atoms with E-state index < -0.39 is 0 Å². The molecule has 0 aliphatic rings. The first-order valence-corrected chi connectivity index (χ1v) is 5.70. The second-order valence-electron chi connectivity index (χ2n) is 4.28. The van der Waals surface area contributed by atoms with Gasteiger partial charge in [-0.2, -0.15) is 0 Å². The lowest BCUT2D eigenvalue weighted by atomic mass is 10.1. The summed E-state index contributed by atoms with van der Waals surface area (Å²) in [6.07, 6.45) is 0. The van der Waals surface area contributed by atoms with Crippen molar-refractivity contribution in [3.63, 3.8) is 0 Å². The summed E-state index contributed by atoms with van der Waals surface area (Å²) in [6.45, 7) is 3.67. The summed E-state index contributed by atoms with van der Waals surface area (Å²) in [5.41, 5.74) is 2.92. The average molecular weight is 243 g/mol. The Morgan fingerprint density at radius 3 is 2.56 bits per heavy atom. The van der Waals surface area contributed by atoms with Crippen molar-refractivity contribution in [2.75, 3.05) is 5.32 Å². The first-order chi connectivity index (χ1) is 8.56. The van der Waals surface area contributed by atoms with Crippen LogP contribution in [0.25, 0.3) is 0 Å². The van der Waals surface area contributed by atoms with E-state index in [0.717, 1.165) is 11.3 Å². The molecule has 0 atom stereocenters. The lowest BCUT2D eigenvalue weighted by molar-refractivity contribution is 0.102. The molecule has 0 fully saturated rings. The fourth-order valence-electron chi connectivity index (χ4n) is 1.80. The molecule has 18 heavy (non-hydrogen) atoms. The van der Waals surface area contributed by atoms with Crippen molar-refractivity contribution in [1.82, 2.24) is 0 Å². The highest BCUT2D eigenvalue weighted by atomic mass is 19.1. The molecule has 0 aliphatic heterocycles. The van der Waals surface area contributed by atoms with Gasteiger partial charge in [-0.05, 0) is 55.3 Å². The maximum atomic E-state index is 13.0. The predicted molar refractivity (Wildman–Crippen MR) is 70.3 cm³/mol. The van der Waals surface area contributed by atoms with E-state index in [2.05, 4.69) is 5.32 Å². The lowest BCUT2D eigenvalue weighted by Gasteiger charge is -2.08. The van der Waals surface area contributed by atoms with Crippen LogP contribution < -0.4 is 5.32 Å². The highest BCUT2D eigenvalue weighted by Gasteiger charge is 2.09. The van der Waals surface area contributed by atoms with Crippen LogP contribution in [0.1, 0.15) is 21.5 Å². The zero-order valence-electron chi connectivity index (χ0n) is 10.3. The van der Waals surface area contributed by atoms with Gasteiger partial charge in [0.2, 0.25) is 0 Å². The van der Waals surface area contributed by atoms with E-state index in [0.29, 0.717) is 11.1 Å². The fraction of sp³-hybridized carbons (Fsp3) is 0.133. The number of anilines is 1. The number of aryl methyl sites for hydroxylation is 2. The van der Waals surface area contributed by atoms with Crippen LogP contribution in [0.3, 0.4) is 0 Å². The van der Waals surface area contributed by atoms with Gasteiger partial charge in [-0.15, -0.1) is 0 Å². The van der Waals surface area contributed by atoms with Gasteiger partial charge in [0.05, 0.1) is 0 Å². The van der Waals surface area contributed by atoms with E-state index in [1.54, 1.807) is 6.92 Å². The number of hydrogen-bond donors (Lipinski definition) is 1. The summed E-state index contributed by atoms with van der Waals surface area (Å²) in [5.74, 6) is -0.558. The molecule has 0 spiro atoms. The third-order valence-electron chi connectivity index (χ3n) is 2.71. The number of carbonyl (C=O) groups is 1. The summed E-state index contributed by atoms with van der Waals surface area (Å²) in [5, 5.41) is 2.80. The number of amides is 1. The predicted octanol–water partition coefficient (Wildman–Crippen LogP) is 3.69. The highest BCUT2D eigenvalue weighted by Crippen LogP contribution is 2.14. The van der Waals surface area contributed by atoms with E-state index in [9.17, 15) is 9.18 Å².